The number of rotatable bonds is 3. The third-order valence-electron chi connectivity index (χ3n) is 6.44. The maximum atomic E-state index is 13.4. The number of hydrogen-bond donors (Lipinski definition) is 3. The monoisotopic (exact) mass is 465 g/mol. The lowest BCUT2D eigenvalue weighted by Crippen LogP contribution is -2.45. The van der Waals surface area contributed by atoms with Gasteiger partial charge in [-0.2, -0.15) is 0 Å². The van der Waals surface area contributed by atoms with Gasteiger partial charge in [-0.1, -0.05) is 37.3 Å². The zero-order valence-corrected chi connectivity index (χ0v) is 19.9. The Morgan fingerprint density at radius 1 is 1.06 bits per heavy atom. The van der Waals surface area contributed by atoms with Gasteiger partial charge in [0, 0.05) is 25.8 Å². The first kappa shape index (κ1) is 25.1. The van der Waals surface area contributed by atoms with E-state index in [0.717, 1.165) is 27.8 Å². The van der Waals surface area contributed by atoms with E-state index in [-0.39, 0.29) is 25.2 Å². The van der Waals surface area contributed by atoms with Gasteiger partial charge < -0.3 is 21.1 Å². The maximum absolute atomic E-state index is 13.4. The van der Waals surface area contributed by atoms with Gasteiger partial charge in [0.05, 0.1) is 6.54 Å². The fourth-order valence-electron chi connectivity index (χ4n) is 4.36. The summed E-state index contributed by atoms with van der Waals surface area (Å²) in [5, 5.41) is 12.3. The topological polar surface area (TPSA) is 130 Å². The first-order valence-electron chi connectivity index (χ1n) is 11.3. The molecule has 2 aromatic carbocycles. The lowest BCUT2D eigenvalue weighted by Gasteiger charge is -2.29. The number of carbonyl (C=O) groups is 4. The molecule has 1 aliphatic rings. The average Bonchev–Trinajstić information content (AvgIpc) is 2.79. The highest BCUT2D eigenvalue weighted by Crippen LogP contribution is 2.33. The van der Waals surface area contributed by atoms with Crippen molar-refractivity contribution in [2.45, 2.75) is 45.7 Å². The zero-order valence-electron chi connectivity index (χ0n) is 19.9. The highest BCUT2D eigenvalue weighted by Gasteiger charge is 2.32. The van der Waals surface area contributed by atoms with Crippen LogP contribution in [0.4, 0.5) is 0 Å². The molecule has 3 rings (SSSR count). The lowest BCUT2D eigenvalue weighted by atomic mass is 9.87. The summed E-state index contributed by atoms with van der Waals surface area (Å²) in [4.78, 5) is 51.9. The first-order valence-corrected chi connectivity index (χ1v) is 11.3. The van der Waals surface area contributed by atoms with Crippen LogP contribution in [0, 0.1) is 19.8 Å². The molecule has 4 N–H and O–H groups in total. The molecule has 34 heavy (non-hydrogen) atoms. The van der Waals surface area contributed by atoms with Crippen molar-refractivity contribution < 1.29 is 24.3 Å². The van der Waals surface area contributed by atoms with Crippen LogP contribution in [-0.4, -0.2) is 53.2 Å². The standard InChI is InChI=1S/C26H31N3O5/c1-14-5-7-17-10-19(14)20-12-18(8-6-15(20)2)24(29(4)23(31)13-27)22(30)9-16(3)25(32)28-21(11-17)26(33)34/h5-8,10,12,16,21,24H,9,11,13,27H2,1-4H3,(H,28,32)(H,33,34)/t16-,21+,24+/m1/s1. The predicted octanol–water partition coefficient (Wildman–Crippen LogP) is 2.15. The van der Waals surface area contributed by atoms with E-state index in [1.165, 1.54) is 11.9 Å². The number of likely N-dealkylation sites (N-methyl/N-ethyl adjacent to an activating group) is 1. The number of amides is 2. The van der Waals surface area contributed by atoms with Crippen molar-refractivity contribution in [3.63, 3.8) is 0 Å². The molecule has 0 fully saturated rings. The molecule has 3 atom stereocenters. The normalized spacial score (nSPS) is 20.8. The van der Waals surface area contributed by atoms with E-state index in [1.54, 1.807) is 6.92 Å². The van der Waals surface area contributed by atoms with Crippen molar-refractivity contribution >= 4 is 23.6 Å². The van der Waals surface area contributed by atoms with Gasteiger partial charge in [-0.25, -0.2) is 4.79 Å². The largest absolute Gasteiger partial charge is 0.480 e. The third kappa shape index (κ3) is 5.17. The van der Waals surface area contributed by atoms with Crippen molar-refractivity contribution in [2.75, 3.05) is 13.6 Å². The molecule has 1 heterocycles. The highest BCUT2D eigenvalue weighted by atomic mass is 16.4. The predicted molar refractivity (Wildman–Crippen MR) is 128 cm³/mol. The molecule has 1 aliphatic heterocycles. The number of carboxylic acid groups (broad SMARTS) is 1. The van der Waals surface area contributed by atoms with Crippen LogP contribution < -0.4 is 11.1 Å². The van der Waals surface area contributed by atoms with Crippen LogP contribution in [-0.2, 0) is 25.6 Å². The second-order valence-electron chi connectivity index (χ2n) is 9.01. The number of carboxylic acids is 1. The van der Waals surface area contributed by atoms with E-state index in [9.17, 15) is 24.3 Å². The smallest absolute Gasteiger partial charge is 0.326 e. The number of aliphatic carboxylic acids is 1. The number of aryl methyl sites for hydroxylation is 2. The molecule has 0 spiro atoms. The molecule has 0 saturated heterocycles. The number of Topliss-reactive ketones (excluding diaryl/α,β-unsaturated/α-hetero) is 1. The third-order valence-corrected chi connectivity index (χ3v) is 6.44. The molecule has 0 unspecified atom stereocenters. The Kier molecular flexibility index (Phi) is 7.51. The number of nitrogens with zero attached hydrogens (tertiary/aromatic N) is 1. The summed E-state index contributed by atoms with van der Waals surface area (Å²) < 4.78 is 0. The second-order valence-corrected chi connectivity index (χ2v) is 9.01. The number of nitrogens with two attached hydrogens (primary N) is 1. The Hall–Kier alpha value is -3.52. The number of hydrogen-bond acceptors (Lipinski definition) is 5. The molecule has 0 saturated carbocycles. The molecular formula is C26H31N3O5. The van der Waals surface area contributed by atoms with Gasteiger partial charge in [-0.3, -0.25) is 14.4 Å². The molecule has 8 nitrogen and oxygen atoms in total. The van der Waals surface area contributed by atoms with Gasteiger partial charge in [0.25, 0.3) is 0 Å². The van der Waals surface area contributed by atoms with E-state index in [2.05, 4.69) is 5.32 Å². The summed E-state index contributed by atoms with van der Waals surface area (Å²) in [6.45, 7) is 5.24. The van der Waals surface area contributed by atoms with E-state index in [4.69, 9.17) is 5.73 Å². The summed E-state index contributed by atoms with van der Waals surface area (Å²) in [5.74, 6) is -3.18. The Morgan fingerprint density at radius 2 is 1.68 bits per heavy atom. The minimum Gasteiger partial charge on any atom is -0.480 e. The Labute approximate surface area is 199 Å². The molecule has 4 bridgehead atoms. The minimum atomic E-state index is -1.15. The van der Waals surface area contributed by atoms with Crippen LogP contribution in [0.3, 0.4) is 0 Å². The number of fused-ring (bicyclic) bond motifs is 5. The molecule has 180 valence electrons. The SMILES string of the molecule is Cc1ccc2cc1-c1cc(ccc1C)[C@H](N(C)C(=O)CN)C(=O)C[C@@H](C)C(=O)N[C@H](C(=O)O)C2. The van der Waals surface area contributed by atoms with Crippen LogP contribution >= 0.6 is 0 Å². The number of carbonyl (C=O) groups excluding carboxylic acids is 3. The van der Waals surface area contributed by atoms with Gasteiger partial charge >= 0.3 is 5.97 Å². The Morgan fingerprint density at radius 3 is 2.29 bits per heavy atom. The van der Waals surface area contributed by atoms with Gasteiger partial charge in [-0.05, 0) is 53.3 Å². The molecule has 2 aromatic rings. The van der Waals surface area contributed by atoms with E-state index < -0.39 is 35.8 Å². The van der Waals surface area contributed by atoms with Crippen molar-refractivity contribution in [1.82, 2.24) is 10.2 Å². The fourth-order valence-corrected chi connectivity index (χ4v) is 4.36. The molecular weight excluding hydrogens is 434 g/mol. The summed E-state index contributed by atoms with van der Waals surface area (Å²) in [5.41, 5.74) is 10.7. The Bertz CT molecular complexity index is 1140. The number of ketones is 1. The van der Waals surface area contributed by atoms with Gasteiger partial charge in [0.15, 0.2) is 5.78 Å². The van der Waals surface area contributed by atoms with Gasteiger partial charge in [-0.15, -0.1) is 0 Å². The quantitative estimate of drug-likeness (QED) is 0.637. The van der Waals surface area contributed by atoms with Crippen molar-refractivity contribution in [3.05, 3.63) is 58.7 Å². The second kappa shape index (κ2) is 10.2. The van der Waals surface area contributed by atoms with Gasteiger partial charge in [0.2, 0.25) is 11.8 Å². The zero-order chi connectivity index (χ0) is 25.2. The summed E-state index contributed by atoms with van der Waals surface area (Å²) in [6, 6.07) is 9.26. The first-order chi connectivity index (χ1) is 16.0. The average molecular weight is 466 g/mol. The van der Waals surface area contributed by atoms with Crippen LogP contribution in [0.2, 0.25) is 0 Å². The fraction of sp³-hybridized carbons (Fsp3) is 0.385. The maximum Gasteiger partial charge on any atom is 0.326 e. The summed E-state index contributed by atoms with van der Waals surface area (Å²) in [7, 11) is 1.53. The van der Waals surface area contributed by atoms with Crippen LogP contribution in [0.5, 0.6) is 0 Å². The summed E-state index contributed by atoms with van der Waals surface area (Å²) in [6.07, 6.45) is -0.0390. The van der Waals surface area contributed by atoms with Gasteiger partial charge in [0.1, 0.15) is 12.1 Å². The van der Waals surface area contributed by atoms with Crippen molar-refractivity contribution in [3.8, 4) is 11.1 Å². The van der Waals surface area contributed by atoms with E-state index in [1.807, 2.05) is 50.2 Å². The van der Waals surface area contributed by atoms with E-state index >= 15 is 0 Å². The molecule has 0 radical (unpaired) electrons. The molecule has 2 amide bonds. The highest BCUT2D eigenvalue weighted by molar-refractivity contribution is 5.94. The van der Waals surface area contributed by atoms with Crippen molar-refractivity contribution in [1.29, 1.82) is 0 Å². The van der Waals surface area contributed by atoms with Crippen LogP contribution in [0.1, 0.15) is 41.6 Å². The molecule has 0 aliphatic carbocycles. The van der Waals surface area contributed by atoms with Crippen molar-refractivity contribution in [2.24, 2.45) is 11.7 Å². The van der Waals surface area contributed by atoms with Crippen LogP contribution in [0.25, 0.3) is 11.1 Å². The summed E-state index contributed by atoms with van der Waals surface area (Å²) >= 11 is 0. The minimum absolute atomic E-state index is 0.115. The molecule has 8 heteroatoms. The van der Waals surface area contributed by atoms with Crippen LogP contribution in [0.15, 0.2) is 36.4 Å². The number of benzene rings is 2. The lowest BCUT2D eigenvalue weighted by molar-refractivity contribution is -0.143. The molecule has 0 aromatic heterocycles. The number of nitrogens with one attached hydrogen (secondary N) is 1. The van der Waals surface area contributed by atoms with E-state index in [0.29, 0.717) is 5.56 Å². The Balaban J connectivity index is 2.24.